The lowest BCUT2D eigenvalue weighted by Crippen LogP contribution is -2.44. The van der Waals surface area contributed by atoms with Gasteiger partial charge in [0.25, 0.3) is 0 Å². The zero-order chi connectivity index (χ0) is 24.2. The predicted molar refractivity (Wildman–Crippen MR) is 133 cm³/mol. The third kappa shape index (κ3) is 14.9. The Hall–Kier alpha value is -2.11. The highest BCUT2D eigenvalue weighted by Crippen LogP contribution is 2.22. The molecule has 8 heteroatoms. The highest BCUT2D eigenvalue weighted by atomic mass is 16.5. The molecule has 0 aromatic rings. The number of carboxylic acids is 2. The van der Waals surface area contributed by atoms with Crippen LogP contribution >= 0.6 is 0 Å². The number of nitrogens with one attached hydrogen (secondary N) is 1. The first-order valence-corrected chi connectivity index (χ1v) is 12.8. The molecule has 0 radical (unpaired) electrons. The van der Waals surface area contributed by atoms with Gasteiger partial charge in [-0.1, -0.05) is 89.4 Å². The third-order valence-corrected chi connectivity index (χ3v) is 6.10. The Bertz CT molecular complexity index is 655. The summed E-state index contributed by atoms with van der Waals surface area (Å²) in [6, 6.07) is 0. The van der Waals surface area contributed by atoms with Gasteiger partial charge in [0.05, 0.1) is 6.61 Å². The number of nitrogens with zero attached hydrogens (tertiary/aromatic N) is 1. The Morgan fingerprint density at radius 2 is 1.56 bits per heavy atom. The first-order chi connectivity index (χ1) is 16.0. The Morgan fingerprint density at radius 3 is 2.06 bits per heavy atom. The van der Waals surface area contributed by atoms with E-state index in [1.807, 2.05) is 4.58 Å². The predicted octanol–water partition coefficient (Wildman–Crippen LogP) is 4.25. The zero-order valence-corrected chi connectivity index (χ0v) is 21.0. The van der Waals surface area contributed by atoms with Crippen molar-refractivity contribution in [3.63, 3.8) is 0 Å². The van der Waals surface area contributed by atoms with Crippen molar-refractivity contribution in [3.05, 3.63) is 0 Å². The van der Waals surface area contributed by atoms with Gasteiger partial charge in [0, 0.05) is 12.8 Å². The van der Waals surface area contributed by atoms with E-state index >= 15 is 0 Å². The monoisotopic (exact) mass is 482 g/mol. The van der Waals surface area contributed by atoms with Gasteiger partial charge in [-0.25, -0.2) is 9.37 Å². The van der Waals surface area contributed by atoms with Crippen molar-refractivity contribution < 1.29 is 34.6 Å². The van der Waals surface area contributed by atoms with Gasteiger partial charge in [0.1, 0.15) is 26.1 Å². The fourth-order valence-corrected chi connectivity index (χ4v) is 4.21. The van der Waals surface area contributed by atoms with Gasteiger partial charge in [-0.15, -0.1) is 0 Å². The van der Waals surface area contributed by atoms with E-state index in [0.29, 0.717) is 13.0 Å². The smallest absolute Gasteiger partial charge is 0.329 e. The van der Waals surface area contributed by atoms with Crippen LogP contribution in [0.3, 0.4) is 0 Å². The molecular weight excluding hydrogens is 436 g/mol. The summed E-state index contributed by atoms with van der Waals surface area (Å²) >= 11 is 0. The van der Waals surface area contributed by atoms with E-state index in [1.165, 1.54) is 64.2 Å². The molecule has 0 saturated heterocycles. The van der Waals surface area contributed by atoms with Crippen molar-refractivity contribution in [1.82, 2.24) is 5.32 Å². The van der Waals surface area contributed by atoms with Crippen LogP contribution in [-0.4, -0.2) is 70.4 Å². The van der Waals surface area contributed by atoms with Crippen LogP contribution in [0, 0.1) is 11.8 Å². The normalized spacial score (nSPS) is 14.2. The molecule has 8 nitrogen and oxygen atoms in total. The van der Waals surface area contributed by atoms with Crippen LogP contribution in [0.1, 0.15) is 103 Å². The molecule has 1 unspecified atom stereocenters. The fourth-order valence-electron chi connectivity index (χ4n) is 4.21. The van der Waals surface area contributed by atoms with Crippen molar-refractivity contribution in [1.29, 1.82) is 0 Å². The SMILES string of the molecule is CCCCCCCCCCCCCCC#CC(CCOCC(=O)O)(CC(=O)O)[N+]1=CNCC1.[OH-]. The molecule has 0 aromatic heterocycles. The summed E-state index contributed by atoms with van der Waals surface area (Å²) in [6.45, 7) is 3.41. The summed E-state index contributed by atoms with van der Waals surface area (Å²) in [5.41, 5.74) is -0.884. The molecule has 0 aliphatic carbocycles. The maximum absolute atomic E-state index is 11.6. The van der Waals surface area contributed by atoms with E-state index in [9.17, 15) is 14.7 Å². The Labute approximate surface area is 205 Å². The van der Waals surface area contributed by atoms with E-state index in [1.54, 1.807) is 6.34 Å². The molecule has 4 N–H and O–H groups in total. The number of aliphatic carboxylic acids is 2. The molecule has 0 fully saturated rings. The molecule has 0 spiro atoms. The molecule has 1 rings (SSSR count). The van der Waals surface area contributed by atoms with Gasteiger partial charge in [-0.3, -0.25) is 10.1 Å². The summed E-state index contributed by atoms with van der Waals surface area (Å²) in [5.74, 6) is 4.49. The van der Waals surface area contributed by atoms with Crippen LogP contribution in [0.4, 0.5) is 0 Å². The Balaban J connectivity index is 0.0000109. The van der Waals surface area contributed by atoms with Crippen LogP contribution in [0.2, 0.25) is 0 Å². The van der Waals surface area contributed by atoms with Crippen molar-refractivity contribution >= 4 is 18.3 Å². The first-order valence-electron chi connectivity index (χ1n) is 12.8. The van der Waals surface area contributed by atoms with Gasteiger partial charge < -0.3 is 20.4 Å². The Kier molecular flexibility index (Phi) is 19.0. The van der Waals surface area contributed by atoms with E-state index in [2.05, 4.69) is 24.1 Å². The van der Waals surface area contributed by atoms with Crippen LogP contribution in [0.5, 0.6) is 0 Å². The molecule has 0 amide bonds. The minimum absolute atomic E-state index is 0. The van der Waals surface area contributed by atoms with E-state index in [0.717, 1.165) is 25.8 Å². The molecule has 0 aromatic carbocycles. The lowest BCUT2D eigenvalue weighted by atomic mass is 9.90. The number of carboxylic acid groups (broad SMARTS) is 2. The standard InChI is InChI=1S/C26H44N2O5.H2O/c1-2-3-4-5-6-7-8-9-10-11-12-13-14-15-16-26(21-24(29)30,28-19-18-27-23-28)17-20-33-22-25(31)32;/h23H,2-14,17-22H2,1H3,(H2,29,30,31,32);1H2. The maximum Gasteiger partial charge on any atom is 0.329 e. The molecule has 1 aliphatic heterocycles. The second-order valence-electron chi connectivity index (χ2n) is 9.02. The number of hydrogen-bond acceptors (Lipinski definition) is 5. The average molecular weight is 483 g/mol. The lowest BCUT2D eigenvalue weighted by Gasteiger charge is -2.26. The summed E-state index contributed by atoms with van der Waals surface area (Å²) in [7, 11) is 0. The maximum atomic E-state index is 11.6. The van der Waals surface area contributed by atoms with E-state index < -0.39 is 24.1 Å². The molecular formula is C26H46N2O6. The van der Waals surface area contributed by atoms with Crippen LogP contribution < -0.4 is 5.32 Å². The minimum Gasteiger partial charge on any atom is -0.870 e. The van der Waals surface area contributed by atoms with Crippen LogP contribution in [0.25, 0.3) is 0 Å². The molecule has 1 aliphatic rings. The van der Waals surface area contributed by atoms with Crippen LogP contribution in [0.15, 0.2) is 0 Å². The number of carbonyl (C=O) groups is 2. The number of hydrogen-bond donors (Lipinski definition) is 3. The molecule has 0 saturated carbocycles. The Morgan fingerprint density at radius 1 is 0.971 bits per heavy atom. The van der Waals surface area contributed by atoms with Gasteiger partial charge in [-0.2, -0.15) is 0 Å². The number of unbranched alkanes of at least 4 members (excludes halogenated alkanes) is 12. The topological polar surface area (TPSA) is 129 Å². The van der Waals surface area contributed by atoms with Gasteiger partial charge in [-0.05, 0) is 6.42 Å². The van der Waals surface area contributed by atoms with Crippen LogP contribution in [-0.2, 0) is 14.3 Å². The second-order valence-corrected chi connectivity index (χ2v) is 9.02. The molecule has 196 valence electrons. The minimum atomic E-state index is -1.04. The zero-order valence-electron chi connectivity index (χ0n) is 21.0. The largest absolute Gasteiger partial charge is 0.870 e. The van der Waals surface area contributed by atoms with Crippen molar-refractivity contribution in [3.8, 4) is 11.8 Å². The van der Waals surface area contributed by atoms with E-state index in [-0.39, 0.29) is 18.5 Å². The second kappa shape index (κ2) is 20.3. The quantitative estimate of drug-likeness (QED) is 0.134. The molecule has 0 bridgehead atoms. The third-order valence-electron chi connectivity index (χ3n) is 6.10. The van der Waals surface area contributed by atoms with Crippen molar-refractivity contribution in [2.45, 2.75) is 109 Å². The molecule has 1 atom stereocenters. The van der Waals surface area contributed by atoms with Gasteiger partial charge in [0.15, 0.2) is 5.54 Å². The fraction of sp³-hybridized carbons (Fsp3) is 0.808. The first kappa shape index (κ1) is 31.9. The molecule has 1 heterocycles. The summed E-state index contributed by atoms with van der Waals surface area (Å²) in [4.78, 5) is 22.3. The highest BCUT2D eigenvalue weighted by Gasteiger charge is 2.39. The lowest BCUT2D eigenvalue weighted by molar-refractivity contribution is -0.581. The number of rotatable bonds is 20. The summed E-state index contributed by atoms with van der Waals surface area (Å²) < 4.78 is 7.13. The number of ether oxygens (including phenoxy) is 1. The summed E-state index contributed by atoms with van der Waals surface area (Å²) in [5, 5.41) is 21.4. The van der Waals surface area contributed by atoms with Crippen molar-refractivity contribution in [2.24, 2.45) is 0 Å². The van der Waals surface area contributed by atoms with E-state index in [4.69, 9.17) is 9.84 Å². The molecule has 34 heavy (non-hydrogen) atoms. The summed E-state index contributed by atoms with van der Waals surface area (Å²) in [6.07, 6.45) is 18.2. The van der Waals surface area contributed by atoms with Crippen molar-refractivity contribution in [2.75, 3.05) is 26.3 Å². The average Bonchev–Trinajstić information content (AvgIpc) is 3.32. The highest BCUT2D eigenvalue weighted by molar-refractivity contribution is 5.69. The van der Waals surface area contributed by atoms with Gasteiger partial charge >= 0.3 is 11.9 Å². The van der Waals surface area contributed by atoms with Gasteiger partial charge in [0.2, 0.25) is 6.34 Å².